The Balaban J connectivity index is 1.31. The van der Waals surface area contributed by atoms with E-state index in [4.69, 9.17) is 0 Å². The zero-order valence-corrected chi connectivity index (χ0v) is 22.8. The predicted octanol–water partition coefficient (Wildman–Crippen LogP) is 6.94. The maximum absolute atomic E-state index is 13.8. The van der Waals surface area contributed by atoms with Gasteiger partial charge in [-0.05, 0) is 105 Å². The number of hydrogen-bond donors (Lipinski definition) is 0. The standard InChI is InChI=1S/C30H33FN2O2S2/c1-2-28-30(23-17-20-32(21-18-23)19-8-22-36-25-15-13-24(31)14-16-25)27-11-6-7-12-29(27)33(28)37(34,35)26-9-4-3-5-10-26/h3-7,9-16,23H,2,8,17-22H2,1H3. The molecule has 4 aromatic rings. The second-order valence-electron chi connectivity index (χ2n) is 9.59. The maximum atomic E-state index is 13.8. The highest BCUT2D eigenvalue weighted by molar-refractivity contribution is 7.99. The molecule has 5 rings (SSSR count). The molecule has 2 heterocycles. The van der Waals surface area contributed by atoms with Crippen LogP contribution >= 0.6 is 11.8 Å². The van der Waals surface area contributed by atoms with Gasteiger partial charge in [-0.1, -0.05) is 43.3 Å². The third-order valence-electron chi connectivity index (χ3n) is 7.28. The van der Waals surface area contributed by atoms with Crippen molar-refractivity contribution < 1.29 is 12.8 Å². The van der Waals surface area contributed by atoms with Gasteiger partial charge in [-0.25, -0.2) is 16.8 Å². The number of rotatable bonds is 9. The first kappa shape index (κ1) is 26.0. The summed E-state index contributed by atoms with van der Waals surface area (Å²) in [5, 5.41) is 1.06. The summed E-state index contributed by atoms with van der Waals surface area (Å²) >= 11 is 1.77. The molecule has 0 radical (unpaired) electrons. The van der Waals surface area contributed by atoms with Crippen LogP contribution in [0.4, 0.5) is 4.39 Å². The van der Waals surface area contributed by atoms with Crippen LogP contribution in [0.1, 0.15) is 43.4 Å². The van der Waals surface area contributed by atoms with Gasteiger partial charge in [-0.2, -0.15) is 0 Å². The molecular formula is C30H33FN2O2S2. The minimum absolute atomic E-state index is 0.195. The second-order valence-corrected chi connectivity index (χ2v) is 12.5. The fourth-order valence-electron chi connectivity index (χ4n) is 5.50. The first-order valence-corrected chi connectivity index (χ1v) is 15.4. The summed E-state index contributed by atoms with van der Waals surface area (Å²) in [6.07, 6.45) is 3.80. The maximum Gasteiger partial charge on any atom is 0.268 e. The summed E-state index contributed by atoms with van der Waals surface area (Å²) in [6.45, 7) is 5.13. The van der Waals surface area contributed by atoms with Crippen molar-refractivity contribution in [1.29, 1.82) is 0 Å². The van der Waals surface area contributed by atoms with Gasteiger partial charge in [0.25, 0.3) is 10.0 Å². The van der Waals surface area contributed by atoms with Gasteiger partial charge in [0.2, 0.25) is 0 Å². The molecule has 1 aliphatic heterocycles. The molecule has 0 amide bonds. The van der Waals surface area contributed by atoms with Crippen molar-refractivity contribution in [2.45, 2.75) is 48.3 Å². The van der Waals surface area contributed by atoms with Gasteiger partial charge in [0.1, 0.15) is 5.82 Å². The molecule has 1 fully saturated rings. The summed E-state index contributed by atoms with van der Waals surface area (Å²) in [5.41, 5.74) is 2.90. The Morgan fingerprint density at radius 3 is 2.30 bits per heavy atom. The number of aromatic nitrogens is 1. The molecule has 37 heavy (non-hydrogen) atoms. The van der Waals surface area contributed by atoms with Crippen molar-refractivity contribution in [3.63, 3.8) is 0 Å². The SMILES string of the molecule is CCc1c(C2CCN(CCCSc3ccc(F)cc3)CC2)c2ccccc2n1S(=O)(=O)c1ccccc1. The molecule has 0 spiro atoms. The fourth-order valence-corrected chi connectivity index (χ4v) is 7.99. The van der Waals surface area contributed by atoms with Crippen molar-refractivity contribution >= 4 is 32.7 Å². The smallest absolute Gasteiger partial charge is 0.268 e. The topological polar surface area (TPSA) is 42.3 Å². The number of halogens is 1. The van der Waals surface area contributed by atoms with E-state index in [0.717, 1.165) is 66.1 Å². The van der Waals surface area contributed by atoms with E-state index in [9.17, 15) is 12.8 Å². The highest BCUT2D eigenvalue weighted by Crippen LogP contribution is 2.39. The highest BCUT2D eigenvalue weighted by atomic mass is 32.2. The van der Waals surface area contributed by atoms with Crippen molar-refractivity contribution in [1.82, 2.24) is 8.87 Å². The number of piperidine rings is 1. The Bertz CT molecular complexity index is 1440. The lowest BCUT2D eigenvalue weighted by Gasteiger charge is -2.32. The van der Waals surface area contributed by atoms with Crippen LogP contribution < -0.4 is 0 Å². The van der Waals surface area contributed by atoms with Gasteiger partial charge >= 0.3 is 0 Å². The summed E-state index contributed by atoms with van der Waals surface area (Å²) in [6, 6.07) is 23.4. The normalized spacial score (nSPS) is 15.4. The minimum Gasteiger partial charge on any atom is -0.303 e. The molecule has 7 heteroatoms. The molecule has 0 atom stereocenters. The zero-order chi connectivity index (χ0) is 25.8. The average molecular weight is 537 g/mol. The van der Waals surface area contributed by atoms with E-state index < -0.39 is 10.0 Å². The molecule has 4 nitrogen and oxygen atoms in total. The summed E-state index contributed by atoms with van der Waals surface area (Å²) < 4.78 is 42.3. The quantitative estimate of drug-likeness (QED) is 0.172. The van der Waals surface area contributed by atoms with Gasteiger partial charge < -0.3 is 4.90 Å². The largest absolute Gasteiger partial charge is 0.303 e. The van der Waals surface area contributed by atoms with Crippen LogP contribution in [0.25, 0.3) is 10.9 Å². The first-order valence-electron chi connectivity index (χ1n) is 13.0. The van der Waals surface area contributed by atoms with E-state index in [-0.39, 0.29) is 5.82 Å². The van der Waals surface area contributed by atoms with E-state index in [1.807, 2.05) is 36.4 Å². The fraction of sp³-hybridized carbons (Fsp3) is 0.333. The van der Waals surface area contributed by atoms with Gasteiger partial charge in [-0.3, -0.25) is 0 Å². The first-order chi connectivity index (χ1) is 18.0. The van der Waals surface area contributed by atoms with E-state index in [1.54, 1.807) is 40.0 Å². The number of benzene rings is 3. The summed E-state index contributed by atoms with van der Waals surface area (Å²) in [5.74, 6) is 1.16. The third-order valence-corrected chi connectivity index (χ3v) is 10.1. The van der Waals surface area contributed by atoms with Crippen LogP contribution in [0.15, 0.2) is 88.7 Å². The molecule has 3 aromatic carbocycles. The number of thioether (sulfide) groups is 1. The van der Waals surface area contributed by atoms with Crippen molar-refractivity contribution in [3.05, 3.63) is 95.9 Å². The number of likely N-dealkylation sites (tertiary alicyclic amines) is 1. The Hall–Kier alpha value is -2.61. The Morgan fingerprint density at radius 2 is 1.59 bits per heavy atom. The lowest BCUT2D eigenvalue weighted by molar-refractivity contribution is 0.213. The Morgan fingerprint density at radius 1 is 0.919 bits per heavy atom. The molecule has 1 aliphatic rings. The van der Waals surface area contributed by atoms with E-state index in [2.05, 4.69) is 17.9 Å². The highest BCUT2D eigenvalue weighted by Gasteiger charge is 2.31. The lowest BCUT2D eigenvalue weighted by Crippen LogP contribution is -2.34. The van der Waals surface area contributed by atoms with Crippen LogP contribution in [0.3, 0.4) is 0 Å². The predicted molar refractivity (Wildman–Crippen MR) is 150 cm³/mol. The Kier molecular flexibility index (Phi) is 8.03. The number of fused-ring (bicyclic) bond motifs is 1. The van der Waals surface area contributed by atoms with Crippen molar-refractivity contribution in [3.8, 4) is 0 Å². The minimum atomic E-state index is -3.69. The molecule has 0 N–H and O–H groups in total. The van der Waals surface area contributed by atoms with Crippen LogP contribution in [-0.4, -0.2) is 42.7 Å². The van der Waals surface area contributed by atoms with Gasteiger partial charge in [0.15, 0.2) is 0 Å². The van der Waals surface area contributed by atoms with E-state index >= 15 is 0 Å². The molecule has 0 saturated carbocycles. The van der Waals surface area contributed by atoms with Crippen molar-refractivity contribution in [2.75, 3.05) is 25.4 Å². The van der Waals surface area contributed by atoms with Crippen LogP contribution in [-0.2, 0) is 16.4 Å². The van der Waals surface area contributed by atoms with Crippen LogP contribution in [0, 0.1) is 5.82 Å². The molecule has 0 unspecified atom stereocenters. The summed E-state index contributed by atoms with van der Waals surface area (Å²) in [7, 11) is -3.69. The molecule has 0 aliphatic carbocycles. The third kappa shape index (κ3) is 5.49. The molecular weight excluding hydrogens is 503 g/mol. The Labute approximate surface area is 223 Å². The zero-order valence-electron chi connectivity index (χ0n) is 21.1. The number of para-hydroxylation sites is 1. The lowest BCUT2D eigenvalue weighted by atomic mass is 9.87. The number of nitrogens with zero attached hydrogens (tertiary/aromatic N) is 2. The van der Waals surface area contributed by atoms with E-state index in [0.29, 0.717) is 17.2 Å². The van der Waals surface area contributed by atoms with Gasteiger partial charge in [0.05, 0.1) is 10.4 Å². The van der Waals surface area contributed by atoms with Crippen LogP contribution in [0.5, 0.6) is 0 Å². The van der Waals surface area contributed by atoms with Gasteiger partial charge in [0, 0.05) is 16.0 Å². The van der Waals surface area contributed by atoms with Gasteiger partial charge in [-0.15, -0.1) is 11.8 Å². The van der Waals surface area contributed by atoms with E-state index in [1.165, 1.54) is 17.7 Å². The molecule has 0 bridgehead atoms. The van der Waals surface area contributed by atoms with Crippen molar-refractivity contribution in [2.24, 2.45) is 0 Å². The molecule has 1 saturated heterocycles. The monoisotopic (exact) mass is 536 g/mol. The molecule has 194 valence electrons. The molecule has 1 aromatic heterocycles. The van der Waals surface area contributed by atoms with Crippen LogP contribution in [0.2, 0.25) is 0 Å². The number of hydrogen-bond acceptors (Lipinski definition) is 4. The second kappa shape index (κ2) is 11.4. The average Bonchev–Trinajstić information content (AvgIpc) is 3.28. The summed E-state index contributed by atoms with van der Waals surface area (Å²) in [4.78, 5) is 3.95.